The molecule has 2 heterocycles. The quantitative estimate of drug-likeness (QED) is 0.722. The molecule has 2 amide bonds. The van der Waals surface area contributed by atoms with Crippen molar-refractivity contribution in [3.8, 4) is 0 Å². The molecule has 1 aromatic heterocycles. The van der Waals surface area contributed by atoms with E-state index in [1.165, 1.54) is 0 Å². The lowest BCUT2D eigenvalue weighted by atomic mass is 10.1. The van der Waals surface area contributed by atoms with Crippen LogP contribution >= 0.6 is 0 Å². The van der Waals surface area contributed by atoms with Crippen LogP contribution < -0.4 is 10.2 Å². The normalized spacial score (nSPS) is 16.9. The Morgan fingerprint density at radius 3 is 2.45 bits per heavy atom. The Morgan fingerprint density at radius 2 is 1.84 bits per heavy atom. The zero-order valence-electron chi connectivity index (χ0n) is 17.8. The van der Waals surface area contributed by atoms with Crippen LogP contribution in [0, 0.1) is 5.92 Å². The molecule has 0 radical (unpaired) electrons. The minimum absolute atomic E-state index is 0.0218. The van der Waals surface area contributed by atoms with E-state index in [0.29, 0.717) is 55.1 Å². The van der Waals surface area contributed by atoms with Gasteiger partial charge in [-0.3, -0.25) is 14.5 Å². The lowest BCUT2D eigenvalue weighted by Crippen LogP contribution is -2.49. The topological polar surface area (TPSA) is 106 Å². The Labute approximate surface area is 180 Å². The van der Waals surface area contributed by atoms with E-state index >= 15 is 0 Å². The van der Waals surface area contributed by atoms with E-state index in [1.807, 2.05) is 4.90 Å². The number of likely N-dealkylation sites (N-methyl/N-ethyl adjacent to an activating group) is 1. The number of benzene rings is 1. The number of aromatic nitrogens is 1. The summed E-state index contributed by atoms with van der Waals surface area (Å²) in [5, 5.41) is 13.1. The molecule has 2 fully saturated rings. The summed E-state index contributed by atoms with van der Waals surface area (Å²) >= 11 is 0. The van der Waals surface area contributed by atoms with Gasteiger partial charge in [0.1, 0.15) is 5.82 Å². The highest BCUT2D eigenvalue weighted by atomic mass is 16.4. The smallest absolute Gasteiger partial charge is 0.336 e. The number of hydrogen-bond acceptors (Lipinski definition) is 6. The minimum atomic E-state index is -1.03. The second-order valence-electron chi connectivity index (χ2n) is 8.38. The van der Waals surface area contributed by atoms with Crippen molar-refractivity contribution >= 4 is 40.2 Å². The third-order valence-electron chi connectivity index (χ3n) is 5.80. The number of carbonyl (C=O) groups excluding carboxylic acids is 2. The first-order chi connectivity index (χ1) is 14.8. The summed E-state index contributed by atoms with van der Waals surface area (Å²) in [4.78, 5) is 46.3. The minimum Gasteiger partial charge on any atom is -0.478 e. The van der Waals surface area contributed by atoms with Gasteiger partial charge in [0.15, 0.2) is 0 Å². The molecular formula is C22H27N5O4. The molecular weight excluding hydrogens is 398 g/mol. The first-order valence-corrected chi connectivity index (χ1v) is 10.5. The molecule has 2 N–H and O–H groups in total. The zero-order chi connectivity index (χ0) is 22.1. The Morgan fingerprint density at radius 1 is 1.13 bits per heavy atom. The van der Waals surface area contributed by atoms with Crippen LogP contribution in [0.15, 0.2) is 24.3 Å². The molecule has 0 spiro atoms. The number of fused-ring (bicyclic) bond motifs is 1. The van der Waals surface area contributed by atoms with Gasteiger partial charge < -0.3 is 20.2 Å². The van der Waals surface area contributed by atoms with Gasteiger partial charge in [-0.15, -0.1) is 0 Å². The van der Waals surface area contributed by atoms with Crippen LogP contribution in [0.3, 0.4) is 0 Å². The Balaban J connectivity index is 1.53. The molecule has 9 heteroatoms. The summed E-state index contributed by atoms with van der Waals surface area (Å²) in [6.45, 7) is 3.10. The molecule has 1 aliphatic heterocycles. The molecule has 1 saturated heterocycles. The molecule has 1 aliphatic carbocycles. The van der Waals surface area contributed by atoms with Crippen LogP contribution in [0.4, 0.5) is 11.5 Å². The highest BCUT2D eigenvalue weighted by molar-refractivity contribution is 6.05. The van der Waals surface area contributed by atoms with Crippen LogP contribution in [0.5, 0.6) is 0 Å². The average Bonchev–Trinajstić information content (AvgIpc) is 3.59. The highest BCUT2D eigenvalue weighted by Crippen LogP contribution is 2.31. The number of carboxylic acids is 1. The van der Waals surface area contributed by atoms with Gasteiger partial charge >= 0.3 is 5.97 Å². The lowest BCUT2D eigenvalue weighted by Gasteiger charge is -2.35. The number of carbonyl (C=O) groups is 3. The second-order valence-corrected chi connectivity index (χ2v) is 8.38. The molecule has 164 valence electrons. The molecule has 0 atom stereocenters. The van der Waals surface area contributed by atoms with Gasteiger partial charge in [-0.2, -0.15) is 0 Å². The molecule has 1 saturated carbocycles. The van der Waals surface area contributed by atoms with Crippen molar-refractivity contribution in [1.82, 2.24) is 14.8 Å². The van der Waals surface area contributed by atoms with Gasteiger partial charge in [0.25, 0.3) is 0 Å². The summed E-state index contributed by atoms with van der Waals surface area (Å²) in [6, 6.07) is 6.79. The number of aromatic carboxylic acids is 1. The standard InChI is InChI=1S/C22H27N5O4/c1-25(2)20(28)13-26-7-9-27(10-8-26)19-12-17(22(30)31)16-11-15(5-6-18(16)24-19)23-21(29)14-3-4-14/h5-6,11-12,14H,3-4,7-10,13H2,1-2H3,(H,23,29)(H,30,31). The molecule has 2 aliphatic rings. The summed E-state index contributed by atoms with van der Waals surface area (Å²) in [5.41, 5.74) is 1.32. The number of anilines is 2. The third kappa shape index (κ3) is 4.77. The number of nitrogens with one attached hydrogen (secondary N) is 1. The monoisotopic (exact) mass is 425 g/mol. The highest BCUT2D eigenvalue weighted by Gasteiger charge is 2.29. The van der Waals surface area contributed by atoms with E-state index in [-0.39, 0.29) is 23.3 Å². The van der Waals surface area contributed by atoms with Crippen LogP contribution in [0.2, 0.25) is 0 Å². The van der Waals surface area contributed by atoms with E-state index in [2.05, 4.69) is 15.2 Å². The van der Waals surface area contributed by atoms with Crippen LogP contribution in [-0.2, 0) is 9.59 Å². The SMILES string of the molecule is CN(C)C(=O)CN1CCN(c2cc(C(=O)O)c3cc(NC(=O)C4CC4)ccc3n2)CC1. The van der Waals surface area contributed by atoms with Crippen molar-refractivity contribution in [3.05, 3.63) is 29.8 Å². The first-order valence-electron chi connectivity index (χ1n) is 10.5. The number of piperazine rings is 1. The van der Waals surface area contributed by atoms with Gasteiger partial charge in [0.2, 0.25) is 11.8 Å². The fourth-order valence-corrected chi connectivity index (χ4v) is 3.69. The van der Waals surface area contributed by atoms with Gasteiger partial charge in [-0.1, -0.05) is 0 Å². The summed E-state index contributed by atoms with van der Waals surface area (Å²) < 4.78 is 0. The van der Waals surface area contributed by atoms with Gasteiger partial charge in [-0.05, 0) is 37.1 Å². The van der Waals surface area contributed by atoms with Gasteiger partial charge in [0.05, 0.1) is 17.6 Å². The number of rotatable bonds is 6. The van der Waals surface area contributed by atoms with Gasteiger partial charge in [-0.25, -0.2) is 9.78 Å². The van der Waals surface area contributed by atoms with E-state index in [9.17, 15) is 19.5 Å². The molecule has 4 rings (SSSR count). The molecule has 0 bridgehead atoms. The fourth-order valence-electron chi connectivity index (χ4n) is 3.69. The van der Waals surface area contributed by atoms with Crippen molar-refractivity contribution in [3.63, 3.8) is 0 Å². The molecule has 2 aromatic rings. The van der Waals surface area contributed by atoms with Crippen molar-refractivity contribution in [2.24, 2.45) is 5.92 Å². The fraction of sp³-hybridized carbons (Fsp3) is 0.455. The van der Waals surface area contributed by atoms with Crippen molar-refractivity contribution in [1.29, 1.82) is 0 Å². The van der Waals surface area contributed by atoms with E-state index < -0.39 is 5.97 Å². The molecule has 0 unspecified atom stereocenters. The van der Waals surface area contributed by atoms with Crippen LogP contribution in [-0.4, -0.2) is 84.5 Å². The van der Waals surface area contributed by atoms with E-state index in [4.69, 9.17) is 0 Å². The number of carboxylic acid groups (broad SMARTS) is 1. The van der Waals surface area contributed by atoms with Crippen molar-refractivity contribution < 1.29 is 19.5 Å². The zero-order valence-corrected chi connectivity index (χ0v) is 17.8. The Bertz CT molecular complexity index is 1030. The summed E-state index contributed by atoms with van der Waals surface area (Å²) in [5.74, 6) is -0.309. The average molecular weight is 425 g/mol. The second kappa shape index (κ2) is 8.50. The van der Waals surface area contributed by atoms with E-state index in [1.54, 1.807) is 43.3 Å². The maximum absolute atomic E-state index is 12.0. The maximum Gasteiger partial charge on any atom is 0.336 e. The summed E-state index contributed by atoms with van der Waals surface area (Å²) in [6.07, 6.45) is 1.81. The number of amides is 2. The van der Waals surface area contributed by atoms with Crippen molar-refractivity contribution in [2.45, 2.75) is 12.8 Å². The maximum atomic E-state index is 12.0. The Hall–Kier alpha value is -3.20. The largest absolute Gasteiger partial charge is 0.478 e. The van der Waals surface area contributed by atoms with Crippen molar-refractivity contribution in [2.75, 3.05) is 57.0 Å². The van der Waals surface area contributed by atoms with E-state index in [0.717, 1.165) is 12.8 Å². The van der Waals surface area contributed by atoms with Crippen LogP contribution in [0.25, 0.3) is 10.9 Å². The predicted molar refractivity (Wildman–Crippen MR) is 117 cm³/mol. The number of nitrogens with zero attached hydrogens (tertiary/aromatic N) is 4. The molecule has 1 aromatic carbocycles. The predicted octanol–water partition coefficient (Wildman–Crippen LogP) is 1.49. The number of hydrogen-bond donors (Lipinski definition) is 2. The van der Waals surface area contributed by atoms with Gasteiger partial charge in [0, 0.05) is 57.3 Å². The molecule has 31 heavy (non-hydrogen) atoms. The summed E-state index contributed by atoms with van der Waals surface area (Å²) in [7, 11) is 3.49. The lowest BCUT2D eigenvalue weighted by molar-refractivity contribution is -0.130. The van der Waals surface area contributed by atoms with Crippen LogP contribution in [0.1, 0.15) is 23.2 Å². The first kappa shape index (κ1) is 21.0. The molecule has 9 nitrogen and oxygen atoms in total. The Kier molecular flexibility index (Phi) is 5.77. The number of pyridine rings is 1. The third-order valence-corrected chi connectivity index (χ3v) is 5.80.